The average molecular weight is 678 g/mol. The van der Waals surface area contributed by atoms with Gasteiger partial charge in [0.25, 0.3) is 11.8 Å². The molecule has 220 valence electrons. The van der Waals surface area contributed by atoms with Crippen molar-refractivity contribution in [3.63, 3.8) is 0 Å². The summed E-state index contributed by atoms with van der Waals surface area (Å²) in [6.07, 6.45) is 2.29. The SMILES string of the molecule is COc1cccc(O)c1C1C2=CCC3C(=O)N(CCc4ccc(O)cc4)C(=O)C3C2CC2(Cl)C(=O)N(CBr)C(=O)C12Cl. The number of imide groups is 2. The van der Waals surface area contributed by atoms with Crippen molar-refractivity contribution in [3.05, 3.63) is 65.2 Å². The van der Waals surface area contributed by atoms with Gasteiger partial charge in [-0.15, -0.1) is 23.2 Å². The molecule has 0 radical (unpaired) electrons. The van der Waals surface area contributed by atoms with Gasteiger partial charge in [-0.25, -0.2) is 0 Å². The van der Waals surface area contributed by atoms with E-state index in [1.807, 2.05) is 6.08 Å². The molecular weight excluding hydrogens is 651 g/mol. The summed E-state index contributed by atoms with van der Waals surface area (Å²) >= 11 is 17.6. The number of phenols is 2. The largest absolute Gasteiger partial charge is 0.508 e. The number of methoxy groups -OCH3 is 1. The van der Waals surface area contributed by atoms with Crippen molar-refractivity contribution in [2.45, 2.75) is 34.9 Å². The quantitative estimate of drug-likeness (QED) is 0.205. The lowest BCUT2D eigenvalue weighted by atomic mass is 9.56. The zero-order valence-electron chi connectivity index (χ0n) is 22.4. The van der Waals surface area contributed by atoms with Gasteiger partial charge < -0.3 is 14.9 Å². The van der Waals surface area contributed by atoms with Gasteiger partial charge in [0.1, 0.15) is 17.2 Å². The molecule has 42 heavy (non-hydrogen) atoms. The molecule has 2 aromatic rings. The number of rotatable bonds is 6. The summed E-state index contributed by atoms with van der Waals surface area (Å²) in [5.41, 5.74) is 1.47. The van der Waals surface area contributed by atoms with Gasteiger partial charge in [0.15, 0.2) is 9.75 Å². The number of phenolic OH excluding ortho intramolecular Hbond substituents is 2. The van der Waals surface area contributed by atoms with Crippen LogP contribution in [0.2, 0.25) is 0 Å². The van der Waals surface area contributed by atoms with E-state index < -0.39 is 45.2 Å². The van der Waals surface area contributed by atoms with E-state index in [0.29, 0.717) is 12.0 Å². The molecule has 0 spiro atoms. The first-order valence-corrected chi connectivity index (χ1v) is 15.4. The number of fused-ring (bicyclic) bond motifs is 4. The van der Waals surface area contributed by atoms with E-state index in [-0.39, 0.29) is 59.5 Å². The topological polar surface area (TPSA) is 124 Å². The van der Waals surface area contributed by atoms with Crippen molar-refractivity contribution in [1.82, 2.24) is 9.80 Å². The Hall–Kier alpha value is -3.08. The van der Waals surface area contributed by atoms with Gasteiger partial charge in [0.05, 0.1) is 24.4 Å². The van der Waals surface area contributed by atoms with Crippen LogP contribution in [0.3, 0.4) is 0 Å². The summed E-state index contributed by atoms with van der Waals surface area (Å²) in [6.45, 7) is 0.147. The van der Waals surface area contributed by atoms with E-state index in [0.717, 1.165) is 10.5 Å². The summed E-state index contributed by atoms with van der Waals surface area (Å²) in [5, 5.41) is 20.7. The number of carbonyl (C=O) groups is 4. The van der Waals surface area contributed by atoms with E-state index in [1.165, 1.54) is 18.1 Å². The number of benzene rings is 2. The van der Waals surface area contributed by atoms with E-state index >= 15 is 0 Å². The van der Waals surface area contributed by atoms with Crippen LogP contribution in [0.25, 0.3) is 0 Å². The van der Waals surface area contributed by atoms with Crippen LogP contribution in [-0.2, 0) is 25.6 Å². The van der Waals surface area contributed by atoms with Crippen molar-refractivity contribution < 1.29 is 34.1 Å². The van der Waals surface area contributed by atoms with Gasteiger partial charge in [0, 0.05) is 18.0 Å². The Bertz CT molecular complexity index is 1550. The first kappa shape index (κ1) is 29.0. The molecule has 2 aromatic carbocycles. The average Bonchev–Trinajstić information content (AvgIpc) is 3.30. The third kappa shape index (κ3) is 3.87. The number of nitrogens with zero attached hydrogens (tertiary/aromatic N) is 2. The summed E-state index contributed by atoms with van der Waals surface area (Å²) in [4.78, 5) is 53.4. The Labute approximate surface area is 260 Å². The molecule has 6 rings (SSSR count). The molecular formula is C30H27BrCl2N2O7. The van der Waals surface area contributed by atoms with Crippen LogP contribution < -0.4 is 4.74 Å². The van der Waals surface area contributed by atoms with Crippen LogP contribution in [0.5, 0.6) is 17.2 Å². The highest BCUT2D eigenvalue weighted by Crippen LogP contribution is 2.67. The lowest BCUT2D eigenvalue weighted by molar-refractivity contribution is -0.141. The number of allylic oxidation sites excluding steroid dienone is 2. The first-order chi connectivity index (χ1) is 20.0. The van der Waals surface area contributed by atoms with E-state index in [9.17, 15) is 29.4 Å². The second kappa shape index (κ2) is 10.3. The predicted molar refractivity (Wildman–Crippen MR) is 157 cm³/mol. The number of ether oxygens (including phenoxy) is 1. The molecule has 3 fully saturated rings. The molecule has 6 atom stereocenters. The molecule has 0 aromatic heterocycles. The monoisotopic (exact) mass is 676 g/mol. The maximum absolute atomic E-state index is 14.0. The first-order valence-electron chi connectivity index (χ1n) is 13.5. The summed E-state index contributed by atoms with van der Waals surface area (Å²) in [5.74, 6) is -5.27. The fourth-order valence-corrected chi connectivity index (χ4v) is 8.67. The summed E-state index contributed by atoms with van der Waals surface area (Å²) < 4.78 is 5.57. The Morgan fingerprint density at radius 1 is 0.976 bits per heavy atom. The van der Waals surface area contributed by atoms with Gasteiger partial charge in [-0.2, -0.15) is 0 Å². The van der Waals surface area contributed by atoms with Crippen LogP contribution in [0.4, 0.5) is 0 Å². The maximum atomic E-state index is 14.0. The number of halogens is 3. The van der Waals surface area contributed by atoms with Crippen LogP contribution >= 0.6 is 39.1 Å². The summed E-state index contributed by atoms with van der Waals surface area (Å²) in [7, 11) is 1.41. The van der Waals surface area contributed by atoms with Crippen molar-refractivity contribution in [2.75, 3.05) is 19.1 Å². The molecule has 2 aliphatic carbocycles. The number of hydrogen-bond donors (Lipinski definition) is 2. The van der Waals surface area contributed by atoms with Crippen molar-refractivity contribution in [2.24, 2.45) is 17.8 Å². The van der Waals surface area contributed by atoms with E-state index in [1.54, 1.807) is 36.4 Å². The van der Waals surface area contributed by atoms with E-state index in [2.05, 4.69) is 15.9 Å². The molecule has 4 aliphatic rings. The van der Waals surface area contributed by atoms with Crippen LogP contribution in [0.1, 0.15) is 29.9 Å². The lowest BCUT2D eigenvalue weighted by Crippen LogP contribution is -2.60. The van der Waals surface area contributed by atoms with Crippen LogP contribution in [-0.4, -0.2) is 72.5 Å². The Morgan fingerprint density at radius 3 is 2.36 bits per heavy atom. The highest BCUT2D eigenvalue weighted by Gasteiger charge is 2.76. The number of likely N-dealkylation sites (tertiary alicyclic amines) is 2. The number of hydrogen-bond acceptors (Lipinski definition) is 7. The van der Waals surface area contributed by atoms with Gasteiger partial charge >= 0.3 is 0 Å². The zero-order valence-corrected chi connectivity index (χ0v) is 25.5. The van der Waals surface area contributed by atoms with Gasteiger partial charge in [-0.3, -0.25) is 29.0 Å². The van der Waals surface area contributed by atoms with Crippen LogP contribution in [0, 0.1) is 17.8 Å². The van der Waals surface area contributed by atoms with Gasteiger partial charge in [0.2, 0.25) is 11.8 Å². The van der Waals surface area contributed by atoms with Crippen molar-refractivity contribution >= 4 is 62.8 Å². The Balaban J connectivity index is 1.45. The van der Waals surface area contributed by atoms with Crippen molar-refractivity contribution in [3.8, 4) is 17.2 Å². The normalized spacial score (nSPS) is 32.0. The molecule has 0 bridgehead atoms. The van der Waals surface area contributed by atoms with E-state index in [4.69, 9.17) is 27.9 Å². The second-order valence-electron chi connectivity index (χ2n) is 11.1. The second-order valence-corrected chi connectivity index (χ2v) is 12.9. The third-order valence-corrected chi connectivity index (χ3v) is 11.1. The summed E-state index contributed by atoms with van der Waals surface area (Å²) in [6, 6.07) is 11.2. The predicted octanol–water partition coefficient (Wildman–Crippen LogP) is 4.06. The molecule has 6 unspecified atom stereocenters. The molecule has 2 N–H and O–H groups in total. The van der Waals surface area contributed by atoms with Gasteiger partial charge in [-0.1, -0.05) is 45.8 Å². The Morgan fingerprint density at radius 2 is 1.69 bits per heavy atom. The van der Waals surface area contributed by atoms with Crippen LogP contribution in [0.15, 0.2) is 54.1 Å². The number of aromatic hydroxyl groups is 2. The standard InChI is InChI=1S/C30H27BrCl2N2O7/c1-42-21-4-2-3-20(37)23(21)24-17-9-10-18-22(19(17)13-29(32)27(40)35(14-31)28(41)30(24,29)33)26(39)34(25(18)38)12-11-15-5-7-16(36)8-6-15/h2-9,18-19,22,24,36-37H,10-14H2,1H3. The molecule has 1 saturated carbocycles. The number of carbonyl (C=O) groups excluding carboxylic acids is 4. The molecule has 2 aliphatic heterocycles. The number of amides is 4. The highest BCUT2D eigenvalue weighted by atomic mass is 79.9. The Kier molecular flexibility index (Phi) is 7.10. The highest BCUT2D eigenvalue weighted by molar-refractivity contribution is 9.09. The molecule has 9 nitrogen and oxygen atoms in total. The zero-order chi connectivity index (χ0) is 30.1. The number of alkyl halides is 3. The fourth-order valence-electron chi connectivity index (χ4n) is 7.26. The molecule has 2 saturated heterocycles. The molecule has 12 heteroatoms. The van der Waals surface area contributed by atoms with Gasteiger partial charge in [-0.05, 0) is 55.0 Å². The maximum Gasteiger partial charge on any atom is 0.254 e. The minimum Gasteiger partial charge on any atom is -0.508 e. The minimum atomic E-state index is -2.04. The minimum absolute atomic E-state index is 0.119. The third-order valence-electron chi connectivity index (χ3n) is 9.22. The molecule has 2 heterocycles. The lowest BCUT2D eigenvalue weighted by Gasteiger charge is -2.51. The fraction of sp³-hybridized carbons (Fsp3) is 0.400. The molecule has 4 amide bonds. The van der Waals surface area contributed by atoms with Crippen molar-refractivity contribution in [1.29, 1.82) is 0 Å². The smallest absolute Gasteiger partial charge is 0.254 e.